The summed E-state index contributed by atoms with van der Waals surface area (Å²) >= 11 is 1.92. The standard InChI is InChI=1S/C18H21NOS/c1-2-17(19)13-7-9-15(10-8-13)20-11-14-12-21-18-6-4-3-5-16(14)18/h3-10,14,17H,2,11-12,19H2,1H3. The molecule has 3 rings (SSSR count). The first-order chi connectivity index (χ1) is 10.3. The molecule has 1 aliphatic heterocycles. The van der Waals surface area contributed by atoms with E-state index in [-0.39, 0.29) is 6.04 Å². The highest BCUT2D eigenvalue weighted by molar-refractivity contribution is 7.99. The van der Waals surface area contributed by atoms with E-state index in [2.05, 4.69) is 43.3 Å². The third kappa shape index (κ3) is 3.25. The van der Waals surface area contributed by atoms with Crippen LogP contribution in [0, 0.1) is 0 Å². The van der Waals surface area contributed by atoms with Gasteiger partial charge >= 0.3 is 0 Å². The first kappa shape index (κ1) is 14.5. The van der Waals surface area contributed by atoms with Gasteiger partial charge in [0.2, 0.25) is 0 Å². The van der Waals surface area contributed by atoms with Gasteiger partial charge in [-0.25, -0.2) is 0 Å². The lowest BCUT2D eigenvalue weighted by Crippen LogP contribution is -2.10. The molecule has 2 nitrogen and oxygen atoms in total. The van der Waals surface area contributed by atoms with Crippen LogP contribution in [0.5, 0.6) is 5.75 Å². The Hall–Kier alpha value is -1.45. The van der Waals surface area contributed by atoms with Crippen LogP contribution >= 0.6 is 11.8 Å². The van der Waals surface area contributed by atoms with Gasteiger partial charge in [0.15, 0.2) is 0 Å². The maximum Gasteiger partial charge on any atom is 0.119 e. The van der Waals surface area contributed by atoms with Gasteiger partial charge in [-0.15, -0.1) is 11.8 Å². The van der Waals surface area contributed by atoms with Gasteiger partial charge in [0.05, 0.1) is 6.61 Å². The van der Waals surface area contributed by atoms with E-state index in [4.69, 9.17) is 10.5 Å². The van der Waals surface area contributed by atoms with Crippen molar-refractivity contribution in [2.45, 2.75) is 30.2 Å². The molecular weight excluding hydrogens is 278 g/mol. The number of ether oxygens (including phenoxy) is 1. The van der Waals surface area contributed by atoms with Gasteiger partial charge < -0.3 is 10.5 Å². The summed E-state index contributed by atoms with van der Waals surface area (Å²) in [6, 6.07) is 16.9. The Morgan fingerprint density at radius 1 is 1.19 bits per heavy atom. The molecule has 21 heavy (non-hydrogen) atoms. The van der Waals surface area contributed by atoms with Crippen molar-refractivity contribution in [1.82, 2.24) is 0 Å². The van der Waals surface area contributed by atoms with Gasteiger partial charge in [0, 0.05) is 22.6 Å². The topological polar surface area (TPSA) is 35.2 Å². The molecule has 2 aromatic carbocycles. The van der Waals surface area contributed by atoms with Gasteiger partial charge in [-0.3, -0.25) is 0 Å². The number of rotatable bonds is 5. The smallest absolute Gasteiger partial charge is 0.119 e. The quantitative estimate of drug-likeness (QED) is 0.890. The largest absolute Gasteiger partial charge is 0.493 e. The SMILES string of the molecule is CCC(N)c1ccc(OCC2CSc3ccccc32)cc1. The van der Waals surface area contributed by atoms with Crippen molar-refractivity contribution in [2.75, 3.05) is 12.4 Å². The molecule has 2 atom stereocenters. The zero-order valence-corrected chi connectivity index (χ0v) is 13.1. The van der Waals surface area contributed by atoms with E-state index < -0.39 is 0 Å². The highest BCUT2D eigenvalue weighted by atomic mass is 32.2. The predicted octanol–water partition coefficient (Wildman–Crippen LogP) is 4.36. The van der Waals surface area contributed by atoms with Crippen LogP contribution in [0.1, 0.15) is 36.4 Å². The molecule has 0 fully saturated rings. The van der Waals surface area contributed by atoms with E-state index in [1.165, 1.54) is 16.0 Å². The highest BCUT2D eigenvalue weighted by Gasteiger charge is 2.23. The fraction of sp³-hybridized carbons (Fsp3) is 0.333. The molecule has 0 aliphatic carbocycles. The summed E-state index contributed by atoms with van der Waals surface area (Å²) in [6.45, 7) is 2.84. The number of hydrogen-bond donors (Lipinski definition) is 1. The van der Waals surface area contributed by atoms with E-state index in [0.29, 0.717) is 5.92 Å². The number of hydrogen-bond acceptors (Lipinski definition) is 3. The summed E-state index contributed by atoms with van der Waals surface area (Å²) in [7, 11) is 0. The normalized spacial score (nSPS) is 18.3. The molecule has 0 bridgehead atoms. The van der Waals surface area contributed by atoms with Crippen LogP contribution < -0.4 is 10.5 Å². The zero-order valence-electron chi connectivity index (χ0n) is 12.3. The summed E-state index contributed by atoms with van der Waals surface area (Å²) < 4.78 is 5.96. The number of benzene rings is 2. The highest BCUT2D eigenvalue weighted by Crippen LogP contribution is 2.39. The second kappa shape index (κ2) is 6.54. The Labute approximate surface area is 130 Å². The maximum absolute atomic E-state index is 6.03. The van der Waals surface area contributed by atoms with E-state index in [1.807, 2.05) is 23.9 Å². The molecule has 1 heterocycles. The molecule has 2 aromatic rings. The van der Waals surface area contributed by atoms with Crippen LogP contribution in [0.2, 0.25) is 0 Å². The van der Waals surface area contributed by atoms with Crippen LogP contribution in [0.3, 0.4) is 0 Å². The van der Waals surface area contributed by atoms with Gasteiger partial charge in [0.1, 0.15) is 5.75 Å². The molecule has 0 amide bonds. The Morgan fingerprint density at radius 2 is 1.95 bits per heavy atom. The summed E-state index contributed by atoms with van der Waals surface area (Å²) in [5.74, 6) is 2.53. The lowest BCUT2D eigenvalue weighted by atomic mass is 10.0. The molecule has 0 spiro atoms. The molecule has 0 saturated heterocycles. The zero-order chi connectivity index (χ0) is 14.7. The van der Waals surface area contributed by atoms with Crippen molar-refractivity contribution in [1.29, 1.82) is 0 Å². The first-order valence-electron chi connectivity index (χ1n) is 7.48. The lowest BCUT2D eigenvalue weighted by molar-refractivity contribution is 0.298. The summed E-state index contributed by atoms with van der Waals surface area (Å²) in [5, 5.41) is 0. The number of nitrogens with two attached hydrogens (primary N) is 1. The fourth-order valence-electron chi connectivity index (χ4n) is 2.61. The van der Waals surface area contributed by atoms with Gasteiger partial charge in [-0.1, -0.05) is 37.3 Å². The molecule has 0 saturated carbocycles. The molecule has 0 radical (unpaired) electrons. The molecule has 3 heteroatoms. The minimum atomic E-state index is 0.122. The summed E-state index contributed by atoms with van der Waals surface area (Å²) in [4.78, 5) is 1.40. The molecule has 0 aromatic heterocycles. The average molecular weight is 299 g/mol. The molecular formula is C18H21NOS. The Balaban J connectivity index is 1.61. The van der Waals surface area contributed by atoms with Gasteiger partial charge in [-0.2, -0.15) is 0 Å². The van der Waals surface area contributed by atoms with Crippen molar-refractivity contribution < 1.29 is 4.74 Å². The van der Waals surface area contributed by atoms with Crippen molar-refractivity contribution in [3.63, 3.8) is 0 Å². The van der Waals surface area contributed by atoms with Crippen molar-refractivity contribution in [2.24, 2.45) is 5.73 Å². The Bertz CT molecular complexity index is 596. The van der Waals surface area contributed by atoms with Gasteiger partial charge in [-0.05, 0) is 35.7 Å². The third-order valence-electron chi connectivity index (χ3n) is 4.00. The molecule has 110 valence electrons. The predicted molar refractivity (Wildman–Crippen MR) is 89.1 cm³/mol. The average Bonchev–Trinajstić information content (AvgIpc) is 2.96. The van der Waals surface area contributed by atoms with Crippen molar-refractivity contribution in [3.8, 4) is 5.75 Å². The first-order valence-corrected chi connectivity index (χ1v) is 8.46. The van der Waals surface area contributed by atoms with E-state index in [0.717, 1.165) is 24.5 Å². The minimum absolute atomic E-state index is 0.122. The summed E-state index contributed by atoms with van der Waals surface area (Å²) in [5.41, 5.74) is 8.62. The van der Waals surface area contributed by atoms with Crippen LogP contribution in [-0.2, 0) is 0 Å². The summed E-state index contributed by atoms with van der Waals surface area (Å²) in [6.07, 6.45) is 0.955. The third-order valence-corrected chi connectivity index (χ3v) is 5.25. The van der Waals surface area contributed by atoms with Crippen LogP contribution in [0.15, 0.2) is 53.4 Å². The van der Waals surface area contributed by atoms with E-state index in [9.17, 15) is 0 Å². The van der Waals surface area contributed by atoms with Gasteiger partial charge in [0.25, 0.3) is 0 Å². The Kier molecular flexibility index (Phi) is 4.51. The minimum Gasteiger partial charge on any atom is -0.493 e. The van der Waals surface area contributed by atoms with Crippen LogP contribution in [0.4, 0.5) is 0 Å². The molecule has 2 N–H and O–H groups in total. The molecule has 2 unspecified atom stereocenters. The van der Waals surface area contributed by atoms with Crippen LogP contribution in [-0.4, -0.2) is 12.4 Å². The second-order valence-electron chi connectivity index (χ2n) is 5.44. The van der Waals surface area contributed by atoms with Crippen molar-refractivity contribution in [3.05, 3.63) is 59.7 Å². The second-order valence-corrected chi connectivity index (χ2v) is 6.50. The maximum atomic E-state index is 6.03. The van der Waals surface area contributed by atoms with Crippen molar-refractivity contribution >= 4 is 11.8 Å². The van der Waals surface area contributed by atoms with E-state index in [1.54, 1.807) is 0 Å². The monoisotopic (exact) mass is 299 g/mol. The van der Waals surface area contributed by atoms with Crippen LogP contribution in [0.25, 0.3) is 0 Å². The lowest BCUT2D eigenvalue weighted by Gasteiger charge is -2.14. The Morgan fingerprint density at radius 3 is 2.71 bits per heavy atom. The number of fused-ring (bicyclic) bond motifs is 1. The number of thioether (sulfide) groups is 1. The molecule has 1 aliphatic rings. The van der Waals surface area contributed by atoms with E-state index >= 15 is 0 Å². The fourth-order valence-corrected chi connectivity index (χ4v) is 3.84.